The van der Waals surface area contributed by atoms with Crippen LogP contribution in [0, 0.1) is 36.8 Å². The average Bonchev–Trinajstić information content (AvgIpc) is 3.07. The number of hydrogen-bond donors (Lipinski definition) is 1. The monoisotopic (exact) mass is 447 g/mol. The summed E-state index contributed by atoms with van der Waals surface area (Å²) < 4.78 is 1.79. The first kappa shape index (κ1) is 22.5. The van der Waals surface area contributed by atoms with Crippen molar-refractivity contribution < 1.29 is 9.72 Å². The minimum Gasteiger partial charge on any atom is -0.366 e. The van der Waals surface area contributed by atoms with Gasteiger partial charge in [-0.1, -0.05) is 24.6 Å². The molecule has 0 spiro atoms. The molecule has 0 saturated carbocycles. The first-order chi connectivity index (χ1) is 15.7. The lowest BCUT2D eigenvalue weighted by atomic mass is 9.99. The van der Waals surface area contributed by atoms with Crippen molar-refractivity contribution in [3.8, 4) is 5.69 Å². The lowest BCUT2D eigenvalue weighted by Crippen LogP contribution is -2.34. The molecule has 0 aliphatic carbocycles. The smallest absolute Gasteiger partial charge is 0.293 e. The van der Waals surface area contributed by atoms with Crippen LogP contribution in [0.5, 0.6) is 0 Å². The van der Waals surface area contributed by atoms with Gasteiger partial charge in [-0.2, -0.15) is 5.10 Å². The third-order valence-electron chi connectivity index (χ3n) is 6.24. The number of carbonyl (C=O) groups excluding carboxylic acids is 1. The second kappa shape index (κ2) is 9.05. The summed E-state index contributed by atoms with van der Waals surface area (Å²) in [7, 11) is 0. The van der Waals surface area contributed by atoms with Crippen LogP contribution < -0.4 is 10.2 Å². The molecule has 1 aliphatic rings. The fourth-order valence-electron chi connectivity index (χ4n) is 4.43. The topological polar surface area (TPSA) is 93.3 Å². The van der Waals surface area contributed by atoms with E-state index in [1.807, 2.05) is 49.9 Å². The van der Waals surface area contributed by atoms with Crippen LogP contribution in [0.1, 0.15) is 47.1 Å². The normalized spacial score (nSPS) is 16.0. The molecule has 3 aromatic rings. The molecule has 172 valence electrons. The Hall–Kier alpha value is -3.68. The van der Waals surface area contributed by atoms with Gasteiger partial charge in [0.2, 0.25) is 0 Å². The maximum absolute atomic E-state index is 13.0. The van der Waals surface area contributed by atoms with Crippen LogP contribution in [0.2, 0.25) is 0 Å². The van der Waals surface area contributed by atoms with Gasteiger partial charge in [0.05, 0.1) is 27.7 Å². The molecule has 8 heteroatoms. The van der Waals surface area contributed by atoms with Crippen molar-refractivity contribution in [1.29, 1.82) is 0 Å². The summed E-state index contributed by atoms with van der Waals surface area (Å²) in [4.78, 5) is 26.5. The van der Waals surface area contributed by atoms with Crippen LogP contribution in [-0.2, 0) is 0 Å². The van der Waals surface area contributed by atoms with Crippen molar-refractivity contribution >= 4 is 23.0 Å². The minimum absolute atomic E-state index is 0.0412. The highest BCUT2D eigenvalue weighted by molar-refractivity contribution is 6.05. The number of piperidine rings is 1. The molecule has 1 atom stereocenters. The molecular formula is C25H29N5O3. The highest BCUT2D eigenvalue weighted by Crippen LogP contribution is 2.33. The number of nitro benzene ring substituents is 1. The molecule has 0 radical (unpaired) electrons. The molecule has 33 heavy (non-hydrogen) atoms. The Morgan fingerprint density at radius 2 is 1.88 bits per heavy atom. The molecule has 8 nitrogen and oxygen atoms in total. The summed E-state index contributed by atoms with van der Waals surface area (Å²) in [6, 6.07) is 12.7. The number of hydrogen-bond acceptors (Lipinski definition) is 5. The Bertz CT molecular complexity index is 1200. The summed E-state index contributed by atoms with van der Waals surface area (Å²) in [5.74, 6) is 0.0867. The molecule has 2 aromatic carbocycles. The van der Waals surface area contributed by atoms with E-state index in [0.29, 0.717) is 23.0 Å². The van der Waals surface area contributed by atoms with Gasteiger partial charge in [-0.3, -0.25) is 14.9 Å². The van der Waals surface area contributed by atoms with Crippen molar-refractivity contribution in [3.05, 3.63) is 75.1 Å². The molecule has 4 rings (SSSR count). The van der Waals surface area contributed by atoms with Crippen molar-refractivity contribution in [2.24, 2.45) is 5.92 Å². The summed E-state index contributed by atoms with van der Waals surface area (Å²) in [5, 5.41) is 19.3. The van der Waals surface area contributed by atoms with Gasteiger partial charge in [0.15, 0.2) is 0 Å². The van der Waals surface area contributed by atoms with Gasteiger partial charge in [0.1, 0.15) is 5.69 Å². The maximum Gasteiger partial charge on any atom is 0.293 e. The molecule has 1 aromatic heterocycles. The van der Waals surface area contributed by atoms with Gasteiger partial charge in [0.25, 0.3) is 11.6 Å². The van der Waals surface area contributed by atoms with Gasteiger partial charge in [-0.25, -0.2) is 4.68 Å². The van der Waals surface area contributed by atoms with Gasteiger partial charge in [0, 0.05) is 24.7 Å². The Kier molecular flexibility index (Phi) is 6.18. The largest absolute Gasteiger partial charge is 0.366 e. The summed E-state index contributed by atoms with van der Waals surface area (Å²) >= 11 is 0. The van der Waals surface area contributed by atoms with Crippen LogP contribution in [0.25, 0.3) is 5.69 Å². The third-order valence-corrected chi connectivity index (χ3v) is 6.24. The van der Waals surface area contributed by atoms with Crippen LogP contribution >= 0.6 is 0 Å². The number of amides is 1. The fraction of sp³-hybridized carbons (Fsp3) is 0.360. The maximum atomic E-state index is 13.0. The third kappa shape index (κ3) is 4.60. The highest BCUT2D eigenvalue weighted by atomic mass is 16.6. The number of benzene rings is 2. The van der Waals surface area contributed by atoms with Crippen LogP contribution in [0.3, 0.4) is 0 Å². The number of anilines is 2. The molecule has 0 bridgehead atoms. The number of nitro groups is 1. The lowest BCUT2D eigenvalue weighted by molar-refractivity contribution is -0.384. The Morgan fingerprint density at radius 3 is 2.55 bits per heavy atom. The number of carbonyl (C=O) groups is 1. The van der Waals surface area contributed by atoms with E-state index >= 15 is 0 Å². The van der Waals surface area contributed by atoms with Crippen LogP contribution in [0.4, 0.5) is 17.1 Å². The van der Waals surface area contributed by atoms with E-state index in [0.717, 1.165) is 42.9 Å². The van der Waals surface area contributed by atoms with Gasteiger partial charge >= 0.3 is 0 Å². The van der Waals surface area contributed by atoms with Gasteiger partial charge in [-0.15, -0.1) is 0 Å². The first-order valence-corrected chi connectivity index (χ1v) is 11.2. The highest BCUT2D eigenvalue weighted by Gasteiger charge is 2.26. The minimum atomic E-state index is -0.405. The summed E-state index contributed by atoms with van der Waals surface area (Å²) in [6.07, 6.45) is 2.13. The Balaban J connectivity index is 1.61. The Labute approximate surface area is 193 Å². The van der Waals surface area contributed by atoms with Crippen molar-refractivity contribution in [2.75, 3.05) is 23.3 Å². The zero-order valence-electron chi connectivity index (χ0n) is 19.5. The van der Waals surface area contributed by atoms with E-state index in [1.54, 1.807) is 16.8 Å². The van der Waals surface area contributed by atoms with E-state index in [1.165, 1.54) is 6.07 Å². The van der Waals surface area contributed by atoms with Crippen molar-refractivity contribution in [1.82, 2.24) is 9.78 Å². The van der Waals surface area contributed by atoms with Crippen LogP contribution in [-0.4, -0.2) is 33.7 Å². The van der Waals surface area contributed by atoms with E-state index in [4.69, 9.17) is 0 Å². The zero-order chi connectivity index (χ0) is 23.7. The Morgan fingerprint density at radius 1 is 1.15 bits per heavy atom. The summed E-state index contributed by atoms with van der Waals surface area (Å²) in [6.45, 7) is 9.46. The second-order valence-electron chi connectivity index (χ2n) is 8.90. The number of rotatable bonds is 5. The van der Waals surface area contributed by atoms with E-state index < -0.39 is 10.8 Å². The quantitative estimate of drug-likeness (QED) is 0.429. The fourth-order valence-corrected chi connectivity index (χ4v) is 4.43. The first-order valence-electron chi connectivity index (χ1n) is 11.2. The van der Waals surface area contributed by atoms with E-state index in [-0.39, 0.29) is 11.3 Å². The molecule has 1 unspecified atom stereocenters. The predicted octanol–water partition coefficient (Wildman–Crippen LogP) is 5.19. The van der Waals surface area contributed by atoms with E-state index in [9.17, 15) is 14.9 Å². The van der Waals surface area contributed by atoms with E-state index in [2.05, 4.69) is 17.3 Å². The molecule has 1 N–H and O–H groups in total. The average molecular weight is 448 g/mol. The van der Waals surface area contributed by atoms with Crippen LogP contribution in [0.15, 0.2) is 42.5 Å². The molecular weight excluding hydrogens is 418 g/mol. The molecule has 2 heterocycles. The standard InChI is InChI=1S/C25H29N5O3/c1-16-7-10-21(11-8-16)29-19(4)24(18(3)27-29)26-25(31)20-9-12-22(23(14-20)30(32)33)28-13-5-6-17(2)15-28/h7-12,14,17H,5-6,13,15H2,1-4H3,(H,26,31). The number of nitrogens with zero attached hydrogens (tertiary/aromatic N) is 4. The SMILES string of the molecule is Cc1ccc(-n2nc(C)c(NC(=O)c3ccc(N4CCCC(C)C4)c([N+](=O)[O-])c3)c2C)cc1. The summed E-state index contributed by atoms with van der Waals surface area (Å²) in [5.41, 5.74) is 4.90. The van der Waals surface area contributed by atoms with Crippen molar-refractivity contribution in [3.63, 3.8) is 0 Å². The zero-order valence-corrected chi connectivity index (χ0v) is 19.5. The number of nitrogens with one attached hydrogen (secondary N) is 1. The number of aromatic nitrogens is 2. The molecule has 1 fully saturated rings. The number of aryl methyl sites for hydroxylation is 2. The van der Waals surface area contributed by atoms with Gasteiger partial charge in [-0.05, 0) is 63.8 Å². The second-order valence-corrected chi connectivity index (χ2v) is 8.90. The predicted molar refractivity (Wildman–Crippen MR) is 129 cm³/mol. The van der Waals surface area contributed by atoms with Crippen molar-refractivity contribution in [2.45, 2.75) is 40.5 Å². The molecule has 1 saturated heterocycles. The molecule has 1 amide bonds. The van der Waals surface area contributed by atoms with Gasteiger partial charge < -0.3 is 10.2 Å². The molecule has 1 aliphatic heterocycles. The lowest BCUT2D eigenvalue weighted by Gasteiger charge is -2.32.